The number of nitrogen functional groups attached to an aromatic ring is 1. The standard InChI is InChI=1S/C15H15N5/c1-2-20-10-12(9-17-20)15-18-13(8-14(16)19-15)11-6-4-3-5-7-11/h3-10H,2H2,1H3,(H2,16,18,19). The molecule has 20 heavy (non-hydrogen) atoms. The van der Waals surface area contributed by atoms with Crippen LogP contribution in [0.15, 0.2) is 48.8 Å². The van der Waals surface area contributed by atoms with Crippen molar-refractivity contribution >= 4 is 5.82 Å². The summed E-state index contributed by atoms with van der Waals surface area (Å²) in [4.78, 5) is 8.87. The van der Waals surface area contributed by atoms with Gasteiger partial charge in [-0.2, -0.15) is 5.10 Å². The molecule has 0 spiro atoms. The van der Waals surface area contributed by atoms with Gasteiger partial charge in [0, 0.05) is 24.4 Å². The number of benzene rings is 1. The molecule has 0 amide bonds. The largest absolute Gasteiger partial charge is 0.384 e. The summed E-state index contributed by atoms with van der Waals surface area (Å²) in [7, 11) is 0. The van der Waals surface area contributed by atoms with Gasteiger partial charge >= 0.3 is 0 Å². The monoisotopic (exact) mass is 265 g/mol. The topological polar surface area (TPSA) is 69.6 Å². The van der Waals surface area contributed by atoms with Crippen molar-refractivity contribution in [3.05, 3.63) is 48.8 Å². The van der Waals surface area contributed by atoms with Gasteiger partial charge in [0.1, 0.15) is 5.82 Å². The van der Waals surface area contributed by atoms with E-state index in [1.807, 2.05) is 48.1 Å². The summed E-state index contributed by atoms with van der Waals surface area (Å²) in [6, 6.07) is 11.7. The van der Waals surface area contributed by atoms with Crippen LogP contribution in [0.25, 0.3) is 22.6 Å². The Bertz CT molecular complexity index is 718. The molecule has 0 radical (unpaired) electrons. The molecule has 2 aromatic heterocycles. The van der Waals surface area contributed by atoms with Crippen LogP contribution in [0.2, 0.25) is 0 Å². The second kappa shape index (κ2) is 5.13. The summed E-state index contributed by atoms with van der Waals surface area (Å²) >= 11 is 0. The molecule has 0 aliphatic rings. The fourth-order valence-electron chi connectivity index (χ4n) is 2.00. The number of anilines is 1. The van der Waals surface area contributed by atoms with Gasteiger partial charge in [-0.1, -0.05) is 30.3 Å². The van der Waals surface area contributed by atoms with Crippen LogP contribution in [-0.2, 0) is 6.54 Å². The SMILES string of the molecule is CCn1cc(-c2nc(N)cc(-c3ccccc3)n2)cn1. The van der Waals surface area contributed by atoms with E-state index in [2.05, 4.69) is 15.1 Å². The van der Waals surface area contributed by atoms with Gasteiger partial charge < -0.3 is 5.73 Å². The highest BCUT2D eigenvalue weighted by Gasteiger charge is 2.08. The van der Waals surface area contributed by atoms with Crippen LogP contribution in [0.3, 0.4) is 0 Å². The van der Waals surface area contributed by atoms with E-state index in [0.29, 0.717) is 11.6 Å². The molecular formula is C15H15N5. The molecule has 0 aliphatic carbocycles. The summed E-state index contributed by atoms with van der Waals surface area (Å²) in [6.07, 6.45) is 3.68. The molecule has 2 heterocycles. The highest BCUT2D eigenvalue weighted by atomic mass is 15.3. The van der Waals surface area contributed by atoms with Crippen molar-refractivity contribution in [2.45, 2.75) is 13.5 Å². The summed E-state index contributed by atoms with van der Waals surface area (Å²) in [5, 5.41) is 4.24. The minimum absolute atomic E-state index is 0.457. The fourth-order valence-corrected chi connectivity index (χ4v) is 2.00. The lowest BCUT2D eigenvalue weighted by Crippen LogP contribution is -1.97. The lowest BCUT2D eigenvalue weighted by Gasteiger charge is -2.04. The van der Waals surface area contributed by atoms with Gasteiger partial charge in [-0.05, 0) is 6.92 Å². The first-order valence-electron chi connectivity index (χ1n) is 6.49. The Morgan fingerprint density at radius 3 is 2.60 bits per heavy atom. The minimum Gasteiger partial charge on any atom is -0.384 e. The molecule has 100 valence electrons. The zero-order valence-electron chi connectivity index (χ0n) is 11.2. The third-order valence-corrected chi connectivity index (χ3v) is 3.03. The van der Waals surface area contributed by atoms with Crippen molar-refractivity contribution in [2.75, 3.05) is 5.73 Å². The number of aromatic nitrogens is 4. The maximum Gasteiger partial charge on any atom is 0.165 e. The smallest absolute Gasteiger partial charge is 0.165 e. The maximum absolute atomic E-state index is 5.90. The van der Waals surface area contributed by atoms with Crippen LogP contribution in [-0.4, -0.2) is 19.7 Å². The van der Waals surface area contributed by atoms with E-state index >= 15 is 0 Å². The number of hydrogen-bond donors (Lipinski definition) is 1. The van der Waals surface area contributed by atoms with E-state index < -0.39 is 0 Å². The molecule has 0 atom stereocenters. The number of rotatable bonds is 3. The van der Waals surface area contributed by atoms with E-state index in [1.165, 1.54) is 0 Å². The van der Waals surface area contributed by atoms with Gasteiger partial charge in [0.2, 0.25) is 0 Å². The van der Waals surface area contributed by atoms with Crippen LogP contribution in [0.4, 0.5) is 5.82 Å². The summed E-state index contributed by atoms with van der Waals surface area (Å²) in [6.45, 7) is 2.85. The average Bonchev–Trinajstić information content (AvgIpc) is 2.96. The molecule has 0 saturated heterocycles. The van der Waals surface area contributed by atoms with E-state index in [4.69, 9.17) is 5.73 Å². The normalized spacial score (nSPS) is 10.7. The first-order valence-corrected chi connectivity index (χ1v) is 6.49. The first kappa shape index (κ1) is 12.3. The van der Waals surface area contributed by atoms with Crippen LogP contribution in [0, 0.1) is 0 Å². The Morgan fingerprint density at radius 1 is 1.10 bits per heavy atom. The van der Waals surface area contributed by atoms with Gasteiger partial charge in [-0.3, -0.25) is 4.68 Å². The quantitative estimate of drug-likeness (QED) is 0.790. The van der Waals surface area contributed by atoms with Gasteiger partial charge in [-0.25, -0.2) is 9.97 Å². The van der Waals surface area contributed by atoms with Crippen molar-refractivity contribution in [2.24, 2.45) is 0 Å². The van der Waals surface area contributed by atoms with Gasteiger partial charge in [0.15, 0.2) is 5.82 Å². The van der Waals surface area contributed by atoms with Crippen LogP contribution >= 0.6 is 0 Å². The zero-order valence-corrected chi connectivity index (χ0v) is 11.2. The van der Waals surface area contributed by atoms with E-state index in [0.717, 1.165) is 23.4 Å². The lowest BCUT2D eigenvalue weighted by atomic mass is 10.1. The highest BCUT2D eigenvalue weighted by molar-refractivity contribution is 5.66. The van der Waals surface area contributed by atoms with Gasteiger partial charge in [0.05, 0.1) is 17.5 Å². The third kappa shape index (κ3) is 2.38. The zero-order chi connectivity index (χ0) is 13.9. The molecule has 3 aromatic rings. The van der Waals surface area contributed by atoms with Crippen molar-refractivity contribution in [3.63, 3.8) is 0 Å². The molecular weight excluding hydrogens is 250 g/mol. The molecule has 5 nitrogen and oxygen atoms in total. The van der Waals surface area contributed by atoms with E-state index in [1.54, 1.807) is 12.3 Å². The Morgan fingerprint density at radius 2 is 1.90 bits per heavy atom. The molecule has 0 saturated carbocycles. The van der Waals surface area contributed by atoms with Crippen LogP contribution in [0.1, 0.15) is 6.92 Å². The molecule has 0 bridgehead atoms. The predicted octanol–water partition coefficient (Wildman–Crippen LogP) is 2.61. The van der Waals surface area contributed by atoms with Crippen LogP contribution < -0.4 is 5.73 Å². The third-order valence-electron chi connectivity index (χ3n) is 3.03. The summed E-state index contributed by atoms with van der Waals surface area (Å²) < 4.78 is 1.84. The van der Waals surface area contributed by atoms with Gasteiger partial charge in [0.25, 0.3) is 0 Å². The van der Waals surface area contributed by atoms with Crippen molar-refractivity contribution in [3.8, 4) is 22.6 Å². The van der Waals surface area contributed by atoms with Gasteiger partial charge in [-0.15, -0.1) is 0 Å². The fraction of sp³-hybridized carbons (Fsp3) is 0.133. The number of hydrogen-bond acceptors (Lipinski definition) is 4. The lowest BCUT2D eigenvalue weighted by molar-refractivity contribution is 0.660. The minimum atomic E-state index is 0.457. The number of aryl methyl sites for hydroxylation is 1. The maximum atomic E-state index is 5.90. The molecule has 2 N–H and O–H groups in total. The number of nitrogens with zero attached hydrogens (tertiary/aromatic N) is 4. The Hall–Kier alpha value is -2.69. The van der Waals surface area contributed by atoms with Crippen LogP contribution in [0.5, 0.6) is 0 Å². The van der Waals surface area contributed by atoms with Crippen molar-refractivity contribution in [1.82, 2.24) is 19.7 Å². The second-order valence-corrected chi connectivity index (χ2v) is 4.45. The Balaban J connectivity index is 2.07. The molecule has 0 fully saturated rings. The average molecular weight is 265 g/mol. The van der Waals surface area contributed by atoms with Crippen molar-refractivity contribution in [1.29, 1.82) is 0 Å². The van der Waals surface area contributed by atoms with E-state index in [-0.39, 0.29) is 0 Å². The Kier molecular flexibility index (Phi) is 3.16. The molecule has 5 heteroatoms. The highest BCUT2D eigenvalue weighted by Crippen LogP contribution is 2.22. The summed E-state index contributed by atoms with van der Waals surface area (Å²) in [5.41, 5.74) is 8.60. The van der Waals surface area contributed by atoms with Crippen molar-refractivity contribution < 1.29 is 0 Å². The Labute approximate surface area is 117 Å². The van der Waals surface area contributed by atoms with E-state index in [9.17, 15) is 0 Å². The molecule has 0 aliphatic heterocycles. The second-order valence-electron chi connectivity index (χ2n) is 4.45. The molecule has 0 unspecified atom stereocenters. The molecule has 1 aromatic carbocycles. The number of nitrogens with two attached hydrogens (primary N) is 1. The first-order chi connectivity index (χ1) is 9.76. The predicted molar refractivity (Wildman–Crippen MR) is 78.8 cm³/mol. The molecule has 3 rings (SSSR count). The summed E-state index contributed by atoms with van der Waals surface area (Å²) in [5.74, 6) is 1.06.